The Labute approximate surface area is 85.3 Å². The van der Waals surface area contributed by atoms with Crippen molar-refractivity contribution in [1.82, 2.24) is 4.31 Å². The lowest BCUT2D eigenvalue weighted by molar-refractivity contribution is 0.191. The van der Waals surface area contributed by atoms with Crippen LogP contribution in [-0.2, 0) is 14.8 Å². The zero-order chi connectivity index (χ0) is 10.6. The molecule has 0 saturated carbocycles. The standard InChI is InChI=1S/C9H15NO3S/c1-3-4-9-5-6-10(9)14(11,12)8-7-13-2/h1,9H,4-8H2,2H3/t9-/m1/s1. The minimum Gasteiger partial charge on any atom is -0.384 e. The summed E-state index contributed by atoms with van der Waals surface area (Å²) in [5.41, 5.74) is 0. The molecular weight excluding hydrogens is 202 g/mol. The Balaban J connectivity index is 2.52. The van der Waals surface area contributed by atoms with Gasteiger partial charge in [-0.15, -0.1) is 12.3 Å². The summed E-state index contributed by atoms with van der Waals surface area (Å²) >= 11 is 0. The average Bonchev–Trinajstić information content (AvgIpc) is 2.08. The molecule has 0 aromatic heterocycles. The highest BCUT2D eigenvalue weighted by Crippen LogP contribution is 2.24. The van der Waals surface area contributed by atoms with Crippen LogP contribution in [0.5, 0.6) is 0 Å². The largest absolute Gasteiger partial charge is 0.384 e. The predicted octanol–water partition coefficient (Wildman–Crippen LogP) is 0.0602. The van der Waals surface area contributed by atoms with Crippen molar-refractivity contribution in [3.05, 3.63) is 0 Å². The molecule has 1 fully saturated rings. The summed E-state index contributed by atoms with van der Waals surface area (Å²) in [6.45, 7) is 0.833. The molecule has 0 amide bonds. The second-order valence-electron chi connectivity index (χ2n) is 3.27. The highest BCUT2D eigenvalue weighted by molar-refractivity contribution is 7.89. The first-order chi connectivity index (χ1) is 6.61. The van der Waals surface area contributed by atoms with Gasteiger partial charge in [-0.1, -0.05) is 0 Å². The first-order valence-corrected chi connectivity index (χ1v) is 6.14. The Morgan fingerprint density at radius 1 is 1.64 bits per heavy atom. The van der Waals surface area contributed by atoms with E-state index in [2.05, 4.69) is 5.92 Å². The fraction of sp³-hybridized carbons (Fsp3) is 0.778. The first kappa shape index (κ1) is 11.5. The van der Waals surface area contributed by atoms with Gasteiger partial charge in [0.15, 0.2) is 0 Å². The topological polar surface area (TPSA) is 46.6 Å². The molecule has 5 heteroatoms. The smallest absolute Gasteiger partial charge is 0.216 e. The molecule has 80 valence electrons. The van der Waals surface area contributed by atoms with Gasteiger partial charge in [0.25, 0.3) is 0 Å². The van der Waals surface area contributed by atoms with Crippen LogP contribution in [-0.4, -0.2) is 44.8 Å². The number of hydrogen-bond donors (Lipinski definition) is 0. The van der Waals surface area contributed by atoms with Crippen LogP contribution in [0, 0.1) is 12.3 Å². The monoisotopic (exact) mass is 217 g/mol. The summed E-state index contributed by atoms with van der Waals surface area (Å²) in [5, 5.41) is 0. The van der Waals surface area contributed by atoms with Gasteiger partial charge in [-0.05, 0) is 6.42 Å². The fourth-order valence-electron chi connectivity index (χ4n) is 1.43. The SMILES string of the molecule is C#CC[C@@H]1CCN1S(=O)(=O)CCOC. The molecule has 1 aliphatic rings. The van der Waals surface area contributed by atoms with Crippen LogP contribution < -0.4 is 0 Å². The van der Waals surface area contributed by atoms with Gasteiger partial charge >= 0.3 is 0 Å². The number of rotatable bonds is 5. The molecular formula is C9H15NO3S. The van der Waals surface area contributed by atoms with Crippen molar-refractivity contribution in [2.75, 3.05) is 26.0 Å². The summed E-state index contributed by atoms with van der Waals surface area (Å²) in [6, 6.07) is 0.0156. The van der Waals surface area contributed by atoms with E-state index >= 15 is 0 Å². The number of hydrogen-bond acceptors (Lipinski definition) is 3. The Hall–Kier alpha value is -0.570. The maximum atomic E-state index is 11.6. The Morgan fingerprint density at radius 2 is 2.36 bits per heavy atom. The van der Waals surface area contributed by atoms with E-state index in [9.17, 15) is 8.42 Å². The summed E-state index contributed by atoms with van der Waals surface area (Å²) in [7, 11) is -1.65. The Bertz CT molecular complexity index is 317. The van der Waals surface area contributed by atoms with E-state index in [0.29, 0.717) is 13.0 Å². The van der Waals surface area contributed by atoms with Gasteiger partial charge in [0.1, 0.15) is 0 Å². The van der Waals surface area contributed by atoms with Gasteiger partial charge in [0.2, 0.25) is 10.0 Å². The van der Waals surface area contributed by atoms with E-state index in [4.69, 9.17) is 11.2 Å². The highest BCUT2D eigenvalue weighted by Gasteiger charge is 2.36. The molecule has 1 atom stereocenters. The summed E-state index contributed by atoms with van der Waals surface area (Å²) in [6.07, 6.45) is 6.53. The van der Waals surface area contributed by atoms with Crippen LogP contribution in [0.1, 0.15) is 12.8 Å². The third-order valence-corrected chi connectivity index (χ3v) is 4.22. The second kappa shape index (κ2) is 4.78. The van der Waals surface area contributed by atoms with E-state index in [1.165, 1.54) is 11.4 Å². The quantitative estimate of drug-likeness (QED) is 0.612. The fourth-order valence-corrected chi connectivity index (χ4v) is 3.06. The van der Waals surface area contributed by atoms with Crippen molar-refractivity contribution in [2.24, 2.45) is 0 Å². The van der Waals surface area contributed by atoms with Crippen LogP contribution in [0.15, 0.2) is 0 Å². The van der Waals surface area contributed by atoms with Crippen molar-refractivity contribution in [2.45, 2.75) is 18.9 Å². The van der Waals surface area contributed by atoms with Gasteiger partial charge in [0.05, 0.1) is 12.4 Å². The molecule has 0 unspecified atom stereocenters. The lowest BCUT2D eigenvalue weighted by Gasteiger charge is -2.38. The molecule has 0 aliphatic carbocycles. The van der Waals surface area contributed by atoms with Crippen molar-refractivity contribution in [1.29, 1.82) is 0 Å². The van der Waals surface area contributed by atoms with E-state index in [1.54, 1.807) is 0 Å². The van der Waals surface area contributed by atoms with Gasteiger partial charge in [-0.25, -0.2) is 8.42 Å². The number of ether oxygens (including phenoxy) is 1. The molecule has 0 radical (unpaired) electrons. The molecule has 0 N–H and O–H groups in total. The third-order valence-electron chi connectivity index (χ3n) is 2.35. The first-order valence-electron chi connectivity index (χ1n) is 4.53. The van der Waals surface area contributed by atoms with Gasteiger partial charge < -0.3 is 4.74 Å². The van der Waals surface area contributed by atoms with E-state index in [1.807, 2.05) is 0 Å². The number of sulfonamides is 1. The molecule has 0 bridgehead atoms. The molecule has 0 aromatic rings. The minimum atomic E-state index is -3.14. The van der Waals surface area contributed by atoms with Crippen molar-refractivity contribution in [3.8, 4) is 12.3 Å². The minimum absolute atomic E-state index is 0.0156. The predicted molar refractivity (Wildman–Crippen MR) is 54.2 cm³/mol. The molecule has 0 aromatic carbocycles. The van der Waals surface area contributed by atoms with Crippen molar-refractivity contribution < 1.29 is 13.2 Å². The molecule has 14 heavy (non-hydrogen) atoms. The molecule has 0 spiro atoms. The van der Waals surface area contributed by atoms with Gasteiger partial charge in [-0.2, -0.15) is 4.31 Å². The second-order valence-corrected chi connectivity index (χ2v) is 5.31. The molecule has 1 saturated heterocycles. The molecule has 4 nitrogen and oxygen atoms in total. The van der Waals surface area contributed by atoms with Crippen LogP contribution in [0.25, 0.3) is 0 Å². The van der Waals surface area contributed by atoms with E-state index in [0.717, 1.165) is 6.42 Å². The molecule has 1 aliphatic heterocycles. The highest BCUT2D eigenvalue weighted by atomic mass is 32.2. The zero-order valence-electron chi connectivity index (χ0n) is 8.27. The Kier molecular flexibility index (Phi) is 3.93. The average molecular weight is 217 g/mol. The summed E-state index contributed by atoms with van der Waals surface area (Å²) < 4.78 is 29.5. The van der Waals surface area contributed by atoms with Crippen molar-refractivity contribution in [3.63, 3.8) is 0 Å². The number of nitrogens with zero attached hydrogens (tertiary/aromatic N) is 1. The normalized spacial score (nSPS) is 22.7. The van der Waals surface area contributed by atoms with Crippen LogP contribution >= 0.6 is 0 Å². The lowest BCUT2D eigenvalue weighted by Crippen LogP contribution is -2.51. The summed E-state index contributed by atoms with van der Waals surface area (Å²) in [5.74, 6) is 2.54. The summed E-state index contributed by atoms with van der Waals surface area (Å²) in [4.78, 5) is 0. The van der Waals surface area contributed by atoms with Crippen LogP contribution in [0.3, 0.4) is 0 Å². The zero-order valence-corrected chi connectivity index (χ0v) is 9.09. The van der Waals surface area contributed by atoms with Gasteiger partial charge in [-0.3, -0.25) is 0 Å². The molecule has 1 heterocycles. The van der Waals surface area contributed by atoms with Crippen molar-refractivity contribution >= 4 is 10.0 Å². The number of methoxy groups -OCH3 is 1. The van der Waals surface area contributed by atoms with E-state index < -0.39 is 10.0 Å². The number of terminal acetylenes is 1. The van der Waals surface area contributed by atoms with Crippen LogP contribution in [0.2, 0.25) is 0 Å². The maximum absolute atomic E-state index is 11.6. The maximum Gasteiger partial charge on any atom is 0.216 e. The van der Waals surface area contributed by atoms with Gasteiger partial charge in [0, 0.05) is 26.1 Å². The Morgan fingerprint density at radius 3 is 2.79 bits per heavy atom. The van der Waals surface area contributed by atoms with Crippen LogP contribution in [0.4, 0.5) is 0 Å². The molecule has 1 rings (SSSR count). The van der Waals surface area contributed by atoms with E-state index in [-0.39, 0.29) is 18.4 Å². The lowest BCUT2D eigenvalue weighted by atomic mass is 10.0. The third kappa shape index (κ3) is 2.47.